The van der Waals surface area contributed by atoms with Crippen molar-refractivity contribution in [3.63, 3.8) is 0 Å². The minimum Gasteiger partial charge on any atom is -0.456 e. The lowest BCUT2D eigenvalue weighted by Gasteiger charge is -2.12. The van der Waals surface area contributed by atoms with Crippen LogP contribution in [0.5, 0.6) is 0 Å². The molecule has 3 aromatic heterocycles. The molecule has 4 heteroatoms. The molecule has 3 heterocycles. The number of hydrogen-bond donors (Lipinski definition) is 0. The molecule has 0 aliphatic carbocycles. The van der Waals surface area contributed by atoms with Crippen molar-refractivity contribution in [3.05, 3.63) is 152 Å². The minimum atomic E-state index is 0.632. The van der Waals surface area contributed by atoms with Crippen molar-refractivity contribution < 1.29 is 4.42 Å². The van der Waals surface area contributed by atoms with Gasteiger partial charge < -0.3 is 4.42 Å². The molecule has 0 bridgehead atoms. The molecule has 0 radical (unpaired) electrons. The van der Waals surface area contributed by atoms with Crippen molar-refractivity contribution in [2.45, 2.75) is 0 Å². The van der Waals surface area contributed by atoms with Crippen molar-refractivity contribution in [3.8, 4) is 28.5 Å². The summed E-state index contributed by atoms with van der Waals surface area (Å²) < 4.78 is 8.79. The molecule has 0 N–H and O–H groups in total. The Morgan fingerprint density at radius 3 is 1.67 bits per heavy atom. The highest BCUT2D eigenvalue weighted by Gasteiger charge is 2.21. The van der Waals surface area contributed by atoms with Crippen LogP contribution in [0.1, 0.15) is 0 Å². The third-order valence-electron chi connectivity index (χ3n) is 9.19. The molecular formula is C42H25N3O. The summed E-state index contributed by atoms with van der Waals surface area (Å²) in [6.45, 7) is 0. The molecule has 0 saturated carbocycles. The van der Waals surface area contributed by atoms with Crippen LogP contribution in [-0.2, 0) is 0 Å². The fourth-order valence-corrected chi connectivity index (χ4v) is 7.09. The summed E-state index contributed by atoms with van der Waals surface area (Å²) in [5, 5.41) is 9.22. The number of aromatic nitrogens is 3. The number of fused-ring (bicyclic) bond motifs is 10. The van der Waals surface area contributed by atoms with Crippen molar-refractivity contribution in [1.82, 2.24) is 14.5 Å². The van der Waals surface area contributed by atoms with Crippen LogP contribution in [0.25, 0.3) is 93.8 Å². The summed E-state index contributed by atoms with van der Waals surface area (Å²) in [7, 11) is 0. The van der Waals surface area contributed by atoms with Crippen LogP contribution in [0.3, 0.4) is 0 Å². The molecule has 7 aromatic carbocycles. The van der Waals surface area contributed by atoms with Crippen LogP contribution in [0.2, 0.25) is 0 Å². The Morgan fingerprint density at radius 1 is 0.413 bits per heavy atom. The fraction of sp³-hybridized carbons (Fsp3) is 0. The third kappa shape index (κ3) is 3.67. The predicted octanol–water partition coefficient (Wildman–Crippen LogP) is 11.1. The van der Waals surface area contributed by atoms with E-state index in [9.17, 15) is 0 Å². The zero-order chi connectivity index (χ0) is 30.2. The Balaban J connectivity index is 1.38. The zero-order valence-corrected chi connectivity index (χ0v) is 24.7. The molecule has 10 aromatic rings. The quantitative estimate of drug-likeness (QED) is 0.207. The first-order chi connectivity index (χ1) is 22.8. The van der Waals surface area contributed by atoms with Gasteiger partial charge in [-0.1, -0.05) is 121 Å². The number of hydrogen-bond acceptors (Lipinski definition) is 3. The van der Waals surface area contributed by atoms with E-state index < -0.39 is 0 Å². The lowest BCUT2D eigenvalue weighted by Crippen LogP contribution is -2.04. The van der Waals surface area contributed by atoms with Gasteiger partial charge in [0.25, 0.3) is 0 Å². The Kier molecular flexibility index (Phi) is 5.25. The van der Waals surface area contributed by atoms with E-state index in [1.54, 1.807) is 0 Å². The fourth-order valence-electron chi connectivity index (χ4n) is 7.09. The van der Waals surface area contributed by atoms with Crippen LogP contribution < -0.4 is 0 Å². The van der Waals surface area contributed by atoms with Crippen molar-refractivity contribution >= 4 is 65.3 Å². The summed E-state index contributed by atoms with van der Waals surface area (Å²) in [5.74, 6) is 0.632. The normalized spacial score (nSPS) is 11.9. The topological polar surface area (TPSA) is 43.9 Å². The number of benzene rings is 7. The maximum atomic E-state index is 6.56. The average molecular weight is 588 g/mol. The molecule has 0 aliphatic heterocycles. The molecule has 46 heavy (non-hydrogen) atoms. The largest absolute Gasteiger partial charge is 0.456 e. The average Bonchev–Trinajstić information content (AvgIpc) is 3.66. The van der Waals surface area contributed by atoms with Gasteiger partial charge in [-0.25, -0.2) is 9.97 Å². The molecule has 0 aliphatic rings. The van der Waals surface area contributed by atoms with E-state index in [1.165, 1.54) is 21.5 Å². The van der Waals surface area contributed by atoms with Crippen molar-refractivity contribution in [2.24, 2.45) is 0 Å². The highest BCUT2D eigenvalue weighted by atomic mass is 16.3. The van der Waals surface area contributed by atoms with E-state index in [0.29, 0.717) is 5.95 Å². The molecule has 0 saturated heterocycles. The molecule has 0 unspecified atom stereocenters. The van der Waals surface area contributed by atoms with Gasteiger partial charge in [0.05, 0.1) is 22.4 Å². The minimum absolute atomic E-state index is 0.632. The van der Waals surface area contributed by atoms with Crippen LogP contribution >= 0.6 is 0 Å². The van der Waals surface area contributed by atoms with E-state index in [0.717, 1.165) is 66.3 Å². The maximum absolute atomic E-state index is 6.56. The molecule has 0 amide bonds. The van der Waals surface area contributed by atoms with Gasteiger partial charge in [-0.15, -0.1) is 0 Å². The molecule has 10 rings (SSSR count). The molecule has 0 atom stereocenters. The molecular weight excluding hydrogens is 562 g/mol. The molecule has 214 valence electrons. The SMILES string of the molecule is c1ccc(-c2cc(-c3ccccc3)nc(-n3c4cc5c(cc4c4c6ccccc6ccc43)oc3ccc4ccccc4c35)n2)cc1. The summed E-state index contributed by atoms with van der Waals surface area (Å²) >= 11 is 0. The first-order valence-electron chi connectivity index (χ1n) is 15.5. The van der Waals surface area contributed by atoms with Gasteiger partial charge >= 0.3 is 0 Å². The van der Waals surface area contributed by atoms with Gasteiger partial charge in [-0.2, -0.15) is 0 Å². The first kappa shape index (κ1) is 25.1. The van der Waals surface area contributed by atoms with E-state index >= 15 is 0 Å². The van der Waals surface area contributed by atoms with E-state index in [4.69, 9.17) is 14.4 Å². The summed E-state index contributed by atoms with van der Waals surface area (Å²) in [5.41, 5.74) is 7.69. The van der Waals surface area contributed by atoms with Gasteiger partial charge in [-0.3, -0.25) is 4.57 Å². The van der Waals surface area contributed by atoms with E-state index in [2.05, 4.69) is 144 Å². The lowest BCUT2D eigenvalue weighted by atomic mass is 10.0. The van der Waals surface area contributed by atoms with Gasteiger partial charge in [0.15, 0.2) is 0 Å². The van der Waals surface area contributed by atoms with Gasteiger partial charge in [0, 0.05) is 32.7 Å². The predicted molar refractivity (Wildman–Crippen MR) is 190 cm³/mol. The first-order valence-corrected chi connectivity index (χ1v) is 15.5. The standard InChI is InChI=1S/C42H25N3O/c1-3-13-28(14-4-1)34-25-35(29-15-5-2-6-16-29)44-42(43-34)45-36-21-19-26-11-7-9-17-30(26)40(36)32-24-39-33(23-37(32)45)41-31-18-10-8-12-27(31)20-22-38(41)46-39/h1-25H. The highest BCUT2D eigenvalue weighted by molar-refractivity contribution is 6.26. The lowest BCUT2D eigenvalue weighted by molar-refractivity contribution is 0.670. The van der Waals surface area contributed by atoms with Crippen molar-refractivity contribution in [2.75, 3.05) is 0 Å². The number of nitrogens with zero attached hydrogens (tertiary/aromatic N) is 3. The second kappa shape index (κ2) is 9.62. The monoisotopic (exact) mass is 587 g/mol. The van der Waals surface area contributed by atoms with Crippen LogP contribution in [0.15, 0.2) is 156 Å². The van der Waals surface area contributed by atoms with E-state index in [1.807, 2.05) is 12.1 Å². The number of rotatable bonds is 3. The molecule has 0 fully saturated rings. The molecule has 0 spiro atoms. The van der Waals surface area contributed by atoms with E-state index in [-0.39, 0.29) is 0 Å². The van der Waals surface area contributed by atoms with Crippen molar-refractivity contribution in [1.29, 1.82) is 0 Å². The smallest absolute Gasteiger partial charge is 0.235 e. The Bertz CT molecular complexity index is 2740. The number of furan rings is 1. The Labute approximate surface area is 263 Å². The van der Waals surface area contributed by atoms with Crippen LogP contribution in [0.4, 0.5) is 0 Å². The molecule has 4 nitrogen and oxygen atoms in total. The third-order valence-corrected chi connectivity index (χ3v) is 9.19. The highest BCUT2D eigenvalue weighted by Crippen LogP contribution is 2.42. The maximum Gasteiger partial charge on any atom is 0.235 e. The Morgan fingerprint density at radius 2 is 1.00 bits per heavy atom. The second-order valence-corrected chi connectivity index (χ2v) is 11.8. The van der Waals surface area contributed by atoms with Gasteiger partial charge in [-0.05, 0) is 51.9 Å². The van der Waals surface area contributed by atoms with Crippen LogP contribution in [0, 0.1) is 0 Å². The van der Waals surface area contributed by atoms with Gasteiger partial charge in [0.2, 0.25) is 5.95 Å². The van der Waals surface area contributed by atoms with Crippen LogP contribution in [-0.4, -0.2) is 14.5 Å². The Hall–Kier alpha value is -6.26. The summed E-state index contributed by atoms with van der Waals surface area (Å²) in [6, 6.07) is 53.0. The van der Waals surface area contributed by atoms with Gasteiger partial charge in [0.1, 0.15) is 11.2 Å². The second-order valence-electron chi connectivity index (χ2n) is 11.8. The summed E-state index contributed by atoms with van der Waals surface area (Å²) in [4.78, 5) is 10.5. The zero-order valence-electron chi connectivity index (χ0n) is 24.7. The summed E-state index contributed by atoms with van der Waals surface area (Å²) in [6.07, 6.45) is 0.